The molecule has 0 aliphatic heterocycles. The van der Waals surface area contributed by atoms with Crippen LogP contribution in [0.25, 0.3) is 0 Å². The highest BCUT2D eigenvalue weighted by Crippen LogP contribution is 2.25. The molecule has 0 saturated heterocycles. The summed E-state index contributed by atoms with van der Waals surface area (Å²) in [6.07, 6.45) is 8.66. The number of rotatable bonds is 5. The van der Waals surface area contributed by atoms with Crippen molar-refractivity contribution in [3.63, 3.8) is 0 Å². The average Bonchev–Trinajstić information content (AvgIpc) is 2.14. The molecule has 13 heavy (non-hydrogen) atoms. The van der Waals surface area contributed by atoms with Crippen molar-refractivity contribution in [3.05, 3.63) is 0 Å². The van der Waals surface area contributed by atoms with E-state index in [0.717, 1.165) is 24.9 Å². The molecule has 1 saturated carbocycles. The minimum atomic E-state index is 0. The predicted octanol–water partition coefficient (Wildman–Crippen LogP) is 3.21. The Morgan fingerprint density at radius 1 is 1.08 bits per heavy atom. The third-order valence-corrected chi connectivity index (χ3v) is 2.91. The van der Waals surface area contributed by atoms with Crippen molar-refractivity contribution in [1.29, 1.82) is 0 Å². The van der Waals surface area contributed by atoms with Gasteiger partial charge in [0.15, 0.2) is 0 Å². The Balaban J connectivity index is 0.00000144. The SMILES string of the molecule is Cl.ClCCNCCC1CCCCC1. The summed E-state index contributed by atoms with van der Waals surface area (Å²) in [5.74, 6) is 1.74. The van der Waals surface area contributed by atoms with Crippen LogP contribution in [0.1, 0.15) is 38.5 Å². The summed E-state index contributed by atoms with van der Waals surface area (Å²) < 4.78 is 0. The van der Waals surface area contributed by atoms with Gasteiger partial charge in [0.2, 0.25) is 0 Å². The Morgan fingerprint density at radius 3 is 2.38 bits per heavy atom. The largest absolute Gasteiger partial charge is 0.316 e. The van der Waals surface area contributed by atoms with E-state index in [1.807, 2.05) is 0 Å². The maximum atomic E-state index is 5.56. The van der Waals surface area contributed by atoms with Crippen LogP contribution in [0.3, 0.4) is 0 Å². The molecule has 0 aromatic carbocycles. The van der Waals surface area contributed by atoms with Gasteiger partial charge < -0.3 is 5.32 Å². The minimum Gasteiger partial charge on any atom is -0.316 e. The van der Waals surface area contributed by atoms with Gasteiger partial charge in [-0.25, -0.2) is 0 Å². The predicted molar refractivity (Wildman–Crippen MR) is 62.0 cm³/mol. The van der Waals surface area contributed by atoms with Crippen molar-refractivity contribution in [3.8, 4) is 0 Å². The summed E-state index contributed by atoms with van der Waals surface area (Å²) in [5, 5.41) is 3.35. The van der Waals surface area contributed by atoms with Crippen LogP contribution in [0.5, 0.6) is 0 Å². The summed E-state index contributed by atoms with van der Waals surface area (Å²) in [6.45, 7) is 2.13. The van der Waals surface area contributed by atoms with Crippen molar-refractivity contribution in [2.75, 3.05) is 19.0 Å². The smallest absolute Gasteiger partial charge is 0.0348 e. The fourth-order valence-corrected chi connectivity index (χ4v) is 2.11. The second kappa shape index (κ2) is 9.11. The van der Waals surface area contributed by atoms with Crippen molar-refractivity contribution < 1.29 is 0 Å². The lowest BCUT2D eigenvalue weighted by atomic mass is 9.87. The maximum Gasteiger partial charge on any atom is 0.0348 e. The van der Waals surface area contributed by atoms with Crippen molar-refractivity contribution in [2.24, 2.45) is 5.92 Å². The number of alkyl halides is 1. The Labute approximate surface area is 93.0 Å². The highest BCUT2D eigenvalue weighted by Gasteiger charge is 2.11. The quantitative estimate of drug-likeness (QED) is 0.560. The molecule has 1 aliphatic rings. The molecule has 0 aromatic heterocycles. The van der Waals surface area contributed by atoms with Gasteiger partial charge in [-0.15, -0.1) is 24.0 Å². The molecule has 1 nitrogen and oxygen atoms in total. The third kappa shape index (κ3) is 6.59. The summed E-state index contributed by atoms with van der Waals surface area (Å²) in [5.41, 5.74) is 0. The lowest BCUT2D eigenvalue weighted by molar-refractivity contribution is 0.335. The van der Waals surface area contributed by atoms with Crippen LogP contribution < -0.4 is 5.32 Å². The van der Waals surface area contributed by atoms with Crippen molar-refractivity contribution in [2.45, 2.75) is 38.5 Å². The molecule has 0 aromatic rings. The van der Waals surface area contributed by atoms with Gasteiger partial charge in [-0.2, -0.15) is 0 Å². The minimum absolute atomic E-state index is 0. The van der Waals surface area contributed by atoms with E-state index in [-0.39, 0.29) is 12.4 Å². The van der Waals surface area contributed by atoms with Crippen LogP contribution in [0, 0.1) is 5.92 Å². The summed E-state index contributed by atoms with van der Waals surface area (Å²) >= 11 is 5.56. The molecular formula is C10H21Cl2N. The number of hydrogen-bond donors (Lipinski definition) is 1. The van der Waals surface area contributed by atoms with Crippen molar-refractivity contribution >= 4 is 24.0 Å². The molecule has 1 fully saturated rings. The molecule has 0 bridgehead atoms. The zero-order chi connectivity index (χ0) is 8.65. The molecule has 0 unspecified atom stereocenters. The van der Waals surface area contributed by atoms with Gasteiger partial charge in [0.25, 0.3) is 0 Å². The van der Waals surface area contributed by atoms with E-state index in [4.69, 9.17) is 11.6 Å². The molecule has 0 spiro atoms. The molecule has 80 valence electrons. The summed E-state index contributed by atoms with van der Waals surface area (Å²) in [4.78, 5) is 0. The van der Waals surface area contributed by atoms with Gasteiger partial charge >= 0.3 is 0 Å². The maximum absolute atomic E-state index is 5.56. The summed E-state index contributed by atoms with van der Waals surface area (Å²) in [7, 11) is 0. The van der Waals surface area contributed by atoms with E-state index in [9.17, 15) is 0 Å². The molecule has 1 N–H and O–H groups in total. The monoisotopic (exact) mass is 225 g/mol. The van der Waals surface area contributed by atoms with E-state index in [1.165, 1.54) is 38.5 Å². The first kappa shape index (κ1) is 13.5. The number of hydrogen-bond acceptors (Lipinski definition) is 1. The van der Waals surface area contributed by atoms with Crippen molar-refractivity contribution in [1.82, 2.24) is 5.32 Å². The highest BCUT2D eigenvalue weighted by molar-refractivity contribution is 6.18. The van der Waals surface area contributed by atoms with Gasteiger partial charge in [0, 0.05) is 12.4 Å². The lowest BCUT2D eigenvalue weighted by Gasteiger charge is -2.21. The third-order valence-electron chi connectivity index (χ3n) is 2.73. The first-order valence-electron chi connectivity index (χ1n) is 5.20. The van der Waals surface area contributed by atoms with E-state index >= 15 is 0 Å². The first-order valence-corrected chi connectivity index (χ1v) is 5.73. The zero-order valence-electron chi connectivity index (χ0n) is 8.23. The molecule has 0 radical (unpaired) electrons. The van der Waals surface area contributed by atoms with E-state index in [0.29, 0.717) is 0 Å². The van der Waals surface area contributed by atoms with Gasteiger partial charge in [-0.1, -0.05) is 32.1 Å². The molecule has 3 heteroatoms. The van der Waals surface area contributed by atoms with E-state index < -0.39 is 0 Å². The molecular weight excluding hydrogens is 205 g/mol. The number of halogens is 2. The second-order valence-corrected chi connectivity index (χ2v) is 4.11. The van der Waals surface area contributed by atoms with Crippen LogP contribution in [0.15, 0.2) is 0 Å². The van der Waals surface area contributed by atoms with Gasteiger partial charge in [0.1, 0.15) is 0 Å². The average molecular weight is 226 g/mol. The molecule has 0 amide bonds. The Hall–Kier alpha value is 0.540. The van der Waals surface area contributed by atoms with Crippen LogP contribution in [0.2, 0.25) is 0 Å². The number of nitrogens with one attached hydrogen (secondary N) is 1. The van der Waals surface area contributed by atoms with Gasteiger partial charge in [-0.3, -0.25) is 0 Å². The lowest BCUT2D eigenvalue weighted by Crippen LogP contribution is -2.21. The topological polar surface area (TPSA) is 12.0 Å². The van der Waals surface area contributed by atoms with Crippen LogP contribution in [-0.4, -0.2) is 19.0 Å². The van der Waals surface area contributed by atoms with E-state index in [2.05, 4.69) is 5.32 Å². The van der Waals surface area contributed by atoms with Gasteiger partial charge in [0.05, 0.1) is 0 Å². The fraction of sp³-hybridized carbons (Fsp3) is 1.00. The van der Waals surface area contributed by atoms with Gasteiger partial charge in [-0.05, 0) is 18.9 Å². The Bertz CT molecular complexity index is 103. The molecule has 1 aliphatic carbocycles. The van der Waals surface area contributed by atoms with Crippen LogP contribution >= 0.6 is 24.0 Å². The molecule has 0 atom stereocenters. The first-order chi connectivity index (χ1) is 5.93. The highest BCUT2D eigenvalue weighted by atomic mass is 35.5. The molecule has 1 rings (SSSR count). The zero-order valence-corrected chi connectivity index (χ0v) is 9.80. The van der Waals surface area contributed by atoms with Crippen LogP contribution in [0.4, 0.5) is 0 Å². The Morgan fingerprint density at radius 2 is 1.77 bits per heavy atom. The second-order valence-electron chi connectivity index (χ2n) is 3.73. The van der Waals surface area contributed by atoms with E-state index in [1.54, 1.807) is 0 Å². The summed E-state index contributed by atoms with van der Waals surface area (Å²) in [6, 6.07) is 0. The molecule has 0 heterocycles. The normalized spacial score (nSPS) is 18.2. The Kier molecular flexibility index (Phi) is 9.49. The van der Waals surface area contributed by atoms with Crippen LogP contribution in [-0.2, 0) is 0 Å². The fourth-order valence-electron chi connectivity index (χ4n) is 1.97. The standard InChI is InChI=1S/C10H20ClN.ClH/c11-7-9-12-8-6-10-4-2-1-3-5-10;/h10,12H,1-9H2;1H.